The van der Waals surface area contributed by atoms with Crippen molar-refractivity contribution in [1.29, 1.82) is 10.5 Å². The lowest BCUT2D eigenvalue weighted by Gasteiger charge is -2.28. The van der Waals surface area contributed by atoms with Crippen molar-refractivity contribution in [2.24, 2.45) is 0 Å². The standard InChI is InChI=1S/C19H14N2O4/c1-19(2,15-5-3-11(17(22)23)7-13(15)9-20)16-6-4-12(18(24)25)8-14(16)10-21/h3-8H,1-2H3,(H,22,23)(H,24,25). The highest BCUT2D eigenvalue weighted by Crippen LogP contribution is 2.36. The van der Waals surface area contributed by atoms with E-state index in [2.05, 4.69) is 0 Å². The van der Waals surface area contributed by atoms with E-state index in [0.717, 1.165) is 0 Å². The zero-order valence-electron chi connectivity index (χ0n) is 13.6. The molecule has 2 aromatic rings. The molecule has 0 aliphatic carbocycles. The number of hydrogen-bond acceptors (Lipinski definition) is 4. The first-order chi connectivity index (χ1) is 11.7. The fourth-order valence-corrected chi connectivity index (χ4v) is 2.77. The Morgan fingerprint density at radius 2 is 1.20 bits per heavy atom. The second kappa shape index (κ2) is 6.46. The van der Waals surface area contributed by atoms with Crippen LogP contribution in [0.3, 0.4) is 0 Å². The molecule has 0 radical (unpaired) electrons. The van der Waals surface area contributed by atoms with Gasteiger partial charge >= 0.3 is 11.9 Å². The molecule has 0 aliphatic heterocycles. The summed E-state index contributed by atoms with van der Waals surface area (Å²) >= 11 is 0. The Labute approximate surface area is 144 Å². The van der Waals surface area contributed by atoms with E-state index in [9.17, 15) is 20.1 Å². The highest BCUT2D eigenvalue weighted by molar-refractivity contribution is 5.89. The van der Waals surface area contributed by atoms with Crippen LogP contribution in [-0.4, -0.2) is 22.2 Å². The first kappa shape index (κ1) is 17.7. The Morgan fingerprint density at radius 1 is 0.840 bits per heavy atom. The minimum Gasteiger partial charge on any atom is -0.478 e. The van der Waals surface area contributed by atoms with Crippen LogP contribution in [-0.2, 0) is 5.41 Å². The first-order valence-corrected chi connectivity index (χ1v) is 7.28. The molecule has 0 heterocycles. The zero-order chi connectivity index (χ0) is 18.8. The molecule has 0 bridgehead atoms. The van der Waals surface area contributed by atoms with Gasteiger partial charge in [0.15, 0.2) is 0 Å². The lowest BCUT2D eigenvalue weighted by atomic mass is 9.74. The topological polar surface area (TPSA) is 122 Å². The molecule has 6 nitrogen and oxygen atoms in total. The molecule has 2 aromatic carbocycles. The van der Waals surface area contributed by atoms with Gasteiger partial charge in [-0.3, -0.25) is 0 Å². The largest absolute Gasteiger partial charge is 0.478 e. The van der Waals surface area contributed by atoms with Crippen molar-refractivity contribution in [2.75, 3.05) is 0 Å². The quantitative estimate of drug-likeness (QED) is 0.885. The highest BCUT2D eigenvalue weighted by Gasteiger charge is 2.29. The first-order valence-electron chi connectivity index (χ1n) is 7.28. The van der Waals surface area contributed by atoms with Crippen molar-refractivity contribution in [1.82, 2.24) is 0 Å². The van der Waals surface area contributed by atoms with Gasteiger partial charge in [-0.1, -0.05) is 26.0 Å². The highest BCUT2D eigenvalue weighted by atomic mass is 16.4. The van der Waals surface area contributed by atoms with Crippen LogP contribution in [0.2, 0.25) is 0 Å². The third-order valence-electron chi connectivity index (χ3n) is 4.12. The minimum atomic E-state index is -1.13. The molecule has 124 valence electrons. The van der Waals surface area contributed by atoms with Gasteiger partial charge in [-0.2, -0.15) is 10.5 Å². The van der Waals surface area contributed by atoms with Gasteiger partial charge in [0.25, 0.3) is 0 Å². The van der Waals surface area contributed by atoms with E-state index in [-0.39, 0.29) is 22.3 Å². The molecule has 0 aromatic heterocycles. The Morgan fingerprint density at radius 3 is 1.48 bits per heavy atom. The van der Waals surface area contributed by atoms with Crippen LogP contribution < -0.4 is 0 Å². The van der Waals surface area contributed by atoms with E-state index in [0.29, 0.717) is 11.1 Å². The molecular weight excluding hydrogens is 320 g/mol. The number of carbonyl (C=O) groups is 2. The molecule has 0 saturated heterocycles. The van der Waals surface area contributed by atoms with Crippen LogP contribution in [0.5, 0.6) is 0 Å². The van der Waals surface area contributed by atoms with Crippen molar-refractivity contribution >= 4 is 11.9 Å². The molecule has 25 heavy (non-hydrogen) atoms. The molecule has 0 atom stereocenters. The third-order valence-corrected chi connectivity index (χ3v) is 4.12. The molecule has 6 heteroatoms. The van der Waals surface area contributed by atoms with Gasteiger partial charge in [-0.15, -0.1) is 0 Å². The predicted octanol–water partition coefficient (Wildman–Crippen LogP) is 3.15. The van der Waals surface area contributed by atoms with Gasteiger partial charge in [0.2, 0.25) is 0 Å². The second-order valence-corrected chi connectivity index (χ2v) is 5.98. The molecule has 0 amide bonds. The van der Waals surface area contributed by atoms with Gasteiger partial charge in [0, 0.05) is 5.41 Å². The van der Waals surface area contributed by atoms with E-state index >= 15 is 0 Å². The molecular formula is C19H14N2O4. The average Bonchev–Trinajstić information content (AvgIpc) is 2.60. The minimum absolute atomic E-state index is 0.00201. The van der Waals surface area contributed by atoms with Crippen LogP contribution in [0.15, 0.2) is 36.4 Å². The predicted molar refractivity (Wildman–Crippen MR) is 88.4 cm³/mol. The summed E-state index contributed by atoms with van der Waals surface area (Å²) in [6, 6.07) is 12.5. The number of rotatable bonds is 4. The van der Waals surface area contributed by atoms with Crippen molar-refractivity contribution in [3.8, 4) is 12.1 Å². The van der Waals surface area contributed by atoms with E-state index in [1.54, 1.807) is 26.0 Å². The van der Waals surface area contributed by atoms with Gasteiger partial charge in [0.05, 0.1) is 34.4 Å². The summed E-state index contributed by atoms with van der Waals surface area (Å²) < 4.78 is 0. The van der Waals surface area contributed by atoms with Crippen molar-refractivity contribution < 1.29 is 19.8 Å². The lowest BCUT2D eigenvalue weighted by Crippen LogP contribution is -2.22. The Bertz CT molecular complexity index is 885. The van der Waals surface area contributed by atoms with Crippen LogP contribution in [0.4, 0.5) is 0 Å². The Hall–Kier alpha value is -3.64. The Kier molecular flexibility index (Phi) is 4.58. The van der Waals surface area contributed by atoms with Crippen LogP contribution in [0.25, 0.3) is 0 Å². The van der Waals surface area contributed by atoms with Gasteiger partial charge in [-0.25, -0.2) is 9.59 Å². The van der Waals surface area contributed by atoms with Crippen molar-refractivity contribution in [3.05, 3.63) is 69.8 Å². The van der Waals surface area contributed by atoms with Crippen molar-refractivity contribution in [3.63, 3.8) is 0 Å². The number of hydrogen-bond donors (Lipinski definition) is 2. The number of benzene rings is 2. The second-order valence-electron chi connectivity index (χ2n) is 5.98. The molecule has 2 N–H and O–H groups in total. The summed E-state index contributed by atoms with van der Waals surface area (Å²) in [4.78, 5) is 22.2. The van der Waals surface area contributed by atoms with Gasteiger partial charge in [-0.05, 0) is 35.4 Å². The van der Waals surface area contributed by atoms with E-state index in [1.807, 2.05) is 12.1 Å². The SMILES string of the molecule is CC(C)(c1ccc(C(=O)O)cc1C#N)c1ccc(C(=O)O)cc1C#N. The summed E-state index contributed by atoms with van der Waals surface area (Å²) in [7, 11) is 0. The fourth-order valence-electron chi connectivity index (χ4n) is 2.77. The molecule has 0 unspecified atom stereocenters. The van der Waals surface area contributed by atoms with Crippen LogP contribution >= 0.6 is 0 Å². The average molecular weight is 334 g/mol. The molecule has 2 rings (SSSR count). The van der Waals surface area contributed by atoms with E-state index in [4.69, 9.17) is 10.2 Å². The van der Waals surface area contributed by atoms with E-state index in [1.165, 1.54) is 24.3 Å². The van der Waals surface area contributed by atoms with Crippen LogP contribution in [0, 0.1) is 22.7 Å². The molecule has 0 saturated carbocycles. The maximum Gasteiger partial charge on any atom is 0.335 e. The third kappa shape index (κ3) is 3.19. The summed E-state index contributed by atoms with van der Waals surface area (Å²) in [6.45, 7) is 3.58. The zero-order valence-corrected chi connectivity index (χ0v) is 13.6. The number of aromatic carboxylic acids is 2. The molecule has 0 aliphatic rings. The van der Waals surface area contributed by atoms with Crippen LogP contribution in [0.1, 0.15) is 56.8 Å². The van der Waals surface area contributed by atoms with Crippen molar-refractivity contribution in [2.45, 2.75) is 19.3 Å². The molecule has 0 spiro atoms. The summed E-state index contributed by atoms with van der Waals surface area (Å²) in [5.41, 5.74) is 0.687. The summed E-state index contributed by atoms with van der Waals surface area (Å²) in [5.74, 6) is -2.27. The maximum atomic E-state index is 11.1. The normalized spacial score (nSPS) is 10.6. The van der Waals surface area contributed by atoms with E-state index < -0.39 is 17.4 Å². The van der Waals surface area contributed by atoms with Gasteiger partial charge < -0.3 is 10.2 Å². The van der Waals surface area contributed by atoms with Gasteiger partial charge in [0.1, 0.15) is 0 Å². The smallest absolute Gasteiger partial charge is 0.335 e. The maximum absolute atomic E-state index is 11.1. The lowest BCUT2D eigenvalue weighted by molar-refractivity contribution is 0.0686. The fraction of sp³-hybridized carbons (Fsp3) is 0.158. The number of nitrogens with zero attached hydrogens (tertiary/aromatic N) is 2. The Balaban J connectivity index is 2.68. The number of nitriles is 2. The number of carboxylic acids is 2. The number of carboxylic acid groups (broad SMARTS) is 2. The summed E-state index contributed by atoms with van der Waals surface area (Å²) in [5, 5.41) is 36.9. The monoisotopic (exact) mass is 334 g/mol. The molecule has 0 fully saturated rings. The summed E-state index contributed by atoms with van der Waals surface area (Å²) in [6.07, 6.45) is 0.